The molecule has 0 heterocycles. The van der Waals surface area contributed by atoms with Gasteiger partial charge in [0.05, 0.1) is 6.10 Å². The van der Waals surface area contributed by atoms with E-state index in [1.165, 1.54) is 6.92 Å². The Labute approximate surface area is 184 Å². The normalized spacial score (nSPS) is 25.1. The number of rotatable bonds is 12. The van der Waals surface area contributed by atoms with E-state index in [1.807, 2.05) is 25.1 Å². The highest BCUT2D eigenvalue weighted by Crippen LogP contribution is 2.44. The highest BCUT2D eigenvalue weighted by molar-refractivity contribution is 5.73. The molecule has 6 atom stereocenters. The number of carbonyl (C=O) groups excluding carboxylic acids is 1. The van der Waals surface area contributed by atoms with Crippen LogP contribution in [-0.2, 0) is 20.7 Å². The summed E-state index contributed by atoms with van der Waals surface area (Å²) >= 11 is 0. The van der Waals surface area contributed by atoms with Crippen LogP contribution < -0.4 is 4.74 Å². The second kappa shape index (κ2) is 12.1. The van der Waals surface area contributed by atoms with E-state index in [2.05, 4.69) is 6.92 Å². The molecular formula is C24H36O7. The molecule has 0 radical (unpaired) electrons. The number of ether oxygens (including phenoxy) is 2. The maximum Gasteiger partial charge on any atom is 0.341 e. The summed E-state index contributed by atoms with van der Waals surface area (Å²) in [6.45, 7) is 5.10. The summed E-state index contributed by atoms with van der Waals surface area (Å²) in [5.41, 5.74) is 1.05. The molecule has 1 aromatic carbocycles. The summed E-state index contributed by atoms with van der Waals surface area (Å²) in [6, 6.07) is 7.47. The highest BCUT2D eigenvalue weighted by Gasteiger charge is 2.41. The molecule has 174 valence electrons. The number of carboxylic acid groups (broad SMARTS) is 1. The van der Waals surface area contributed by atoms with Gasteiger partial charge in [0.25, 0.3) is 0 Å². The van der Waals surface area contributed by atoms with Crippen LogP contribution in [0.1, 0.15) is 58.4 Å². The van der Waals surface area contributed by atoms with Gasteiger partial charge in [0, 0.05) is 0 Å². The molecule has 31 heavy (non-hydrogen) atoms. The Morgan fingerprint density at radius 2 is 1.97 bits per heavy atom. The van der Waals surface area contributed by atoms with Crippen LogP contribution in [0.3, 0.4) is 0 Å². The first-order chi connectivity index (χ1) is 14.7. The molecule has 7 nitrogen and oxygen atoms in total. The molecule has 1 aliphatic rings. The molecule has 1 fully saturated rings. The third-order valence-corrected chi connectivity index (χ3v) is 6.35. The molecule has 0 spiro atoms. The van der Waals surface area contributed by atoms with Crippen molar-refractivity contribution in [1.82, 2.24) is 0 Å². The number of hydrogen-bond acceptors (Lipinski definition) is 6. The molecular weight excluding hydrogens is 400 g/mol. The van der Waals surface area contributed by atoms with Gasteiger partial charge in [-0.05, 0) is 74.5 Å². The molecule has 1 aliphatic carbocycles. The zero-order chi connectivity index (χ0) is 23.0. The lowest BCUT2D eigenvalue weighted by Gasteiger charge is -2.27. The standard InChI is InChI=1S/C24H36O7/c1-4-17-13-22(26)20(10-9-18(5-2)31-24(29)15(3)25)21(17)12-16-7-6-8-19(11-16)30-14-23(27)28/h6-8,11,15,17-18,20-22,25-26H,4-5,9-10,12-14H2,1-3H3,(H,27,28)/t15-,17-,18-,20+,21-,22+/m0/s1. The predicted molar refractivity (Wildman–Crippen MR) is 116 cm³/mol. The molecule has 3 N–H and O–H groups in total. The number of carboxylic acids is 1. The van der Waals surface area contributed by atoms with Crippen molar-refractivity contribution in [1.29, 1.82) is 0 Å². The SMILES string of the molecule is CC[C@@H](CC[C@@H]1[C@@H](Cc2cccc(OCC(=O)O)c2)[C@@H](CC)C[C@H]1O)OC(=O)[C@H](C)O. The summed E-state index contributed by atoms with van der Waals surface area (Å²) in [7, 11) is 0. The highest BCUT2D eigenvalue weighted by atomic mass is 16.6. The number of aliphatic carboxylic acids is 1. The Morgan fingerprint density at radius 3 is 2.58 bits per heavy atom. The first kappa shape index (κ1) is 25.1. The fraction of sp³-hybridized carbons (Fsp3) is 0.667. The summed E-state index contributed by atoms with van der Waals surface area (Å²) in [5.74, 6) is -0.340. The van der Waals surface area contributed by atoms with Gasteiger partial charge in [-0.3, -0.25) is 0 Å². The van der Waals surface area contributed by atoms with Crippen molar-refractivity contribution in [2.75, 3.05) is 6.61 Å². The van der Waals surface area contributed by atoms with E-state index in [9.17, 15) is 19.8 Å². The Kier molecular flexibility index (Phi) is 9.78. The zero-order valence-corrected chi connectivity index (χ0v) is 18.7. The molecule has 0 saturated heterocycles. The molecule has 0 aliphatic heterocycles. The topological polar surface area (TPSA) is 113 Å². The minimum Gasteiger partial charge on any atom is -0.482 e. The zero-order valence-electron chi connectivity index (χ0n) is 18.7. The van der Waals surface area contributed by atoms with Gasteiger partial charge in [-0.15, -0.1) is 0 Å². The largest absolute Gasteiger partial charge is 0.482 e. The van der Waals surface area contributed by atoms with E-state index in [1.54, 1.807) is 6.07 Å². The molecule has 0 amide bonds. The van der Waals surface area contributed by atoms with Crippen molar-refractivity contribution in [3.05, 3.63) is 29.8 Å². The van der Waals surface area contributed by atoms with Crippen LogP contribution in [0.25, 0.3) is 0 Å². The monoisotopic (exact) mass is 436 g/mol. The average molecular weight is 437 g/mol. The lowest BCUT2D eigenvalue weighted by molar-refractivity contribution is -0.158. The van der Waals surface area contributed by atoms with Crippen LogP contribution in [0.4, 0.5) is 0 Å². The van der Waals surface area contributed by atoms with E-state index < -0.39 is 24.1 Å². The van der Waals surface area contributed by atoms with Crippen LogP contribution >= 0.6 is 0 Å². The molecule has 0 unspecified atom stereocenters. The Morgan fingerprint density at radius 1 is 1.23 bits per heavy atom. The van der Waals surface area contributed by atoms with E-state index >= 15 is 0 Å². The number of aliphatic hydroxyl groups is 2. The smallest absolute Gasteiger partial charge is 0.341 e. The van der Waals surface area contributed by atoms with E-state index in [0.29, 0.717) is 24.5 Å². The van der Waals surface area contributed by atoms with Crippen molar-refractivity contribution in [2.24, 2.45) is 17.8 Å². The van der Waals surface area contributed by atoms with Crippen molar-refractivity contribution in [3.8, 4) is 5.75 Å². The van der Waals surface area contributed by atoms with Gasteiger partial charge in [-0.25, -0.2) is 9.59 Å². The van der Waals surface area contributed by atoms with Crippen molar-refractivity contribution in [3.63, 3.8) is 0 Å². The van der Waals surface area contributed by atoms with Crippen LogP contribution in [-0.4, -0.2) is 52.2 Å². The first-order valence-corrected chi connectivity index (χ1v) is 11.2. The van der Waals surface area contributed by atoms with Crippen LogP contribution in [0.15, 0.2) is 24.3 Å². The maximum absolute atomic E-state index is 11.7. The van der Waals surface area contributed by atoms with Gasteiger partial charge in [-0.2, -0.15) is 0 Å². The van der Waals surface area contributed by atoms with Gasteiger partial charge in [-0.1, -0.05) is 32.4 Å². The first-order valence-electron chi connectivity index (χ1n) is 11.2. The second-order valence-electron chi connectivity index (χ2n) is 8.55. The predicted octanol–water partition coefficient (Wildman–Crippen LogP) is 3.20. The Hall–Kier alpha value is -2.12. The van der Waals surface area contributed by atoms with Gasteiger partial charge < -0.3 is 24.8 Å². The number of aliphatic hydroxyl groups excluding tert-OH is 2. The fourth-order valence-electron chi connectivity index (χ4n) is 4.66. The van der Waals surface area contributed by atoms with Crippen LogP contribution in [0, 0.1) is 17.8 Å². The third kappa shape index (κ3) is 7.51. The van der Waals surface area contributed by atoms with Crippen molar-refractivity contribution in [2.45, 2.75) is 77.6 Å². The van der Waals surface area contributed by atoms with Gasteiger partial charge in [0.1, 0.15) is 18.0 Å². The lowest BCUT2D eigenvalue weighted by atomic mass is 9.80. The Balaban J connectivity index is 2.06. The average Bonchev–Trinajstić information content (AvgIpc) is 3.03. The van der Waals surface area contributed by atoms with Gasteiger partial charge >= 0.3 is 11.9 Å². The molecule has 0 bridgehead atoms. The number of hydrogen-bond donors (Lipinski definition) is 3. The summed E-state index contributed by atoms with van der Waals surface area (Å²) < 4.78 is 10.7. The number of carbonyl (C=O) groups is 2. The fourth-order valence-corrected chi connectivity index (χ4v) is 4.66. The van der Waals surface area contributed by atoms with E-state index in [-0.39, 0.29) is 24.5 Å². The van der Waals surface area contributed by atoms with Gasteiger partial charge in [0.15, 0.2) is 6.61 Å². The van der Waals surface area contributed by atoms with Crippen molar-refractivity contribution >= 4 is 11.9 Å². The quantitative estimate of drug-likeness (QED) is 0.431. The summed E-state index contributed by atoms with van der Waals surface area (Å²) in [6.07, 6.45) is 2.73. The molecule has 0 aromatic heterocycles. The molecule has 7 heteroatoms. The molecule has 1 saturated carbocycles. The minimum absolute atomic E-state index is 0.0906. The summed E-state index contributed by atoms with van der Waals surface area (Å²) in [5, 5.41) is 29.0. The van der Waals surface area contributed by atoms with Gasteiger partial charge in [0.2, 0.25) is 0 Å². The molecule has 2 rings (SSSR count). The minimum atomic E-state index is -1.14. The van der Waals surface area contributed by atoms with E-state index in [0.717, 1.165) is 31.2 Å². The molecule has 1 aromatic rings. The second-order valence-corrected chi connectivity index (χ2v) is 8.55. The number of benzene rings is 1. The Bertz CT molecular complexity index is 718. The number of esters is 1. The van der Waals surface area contributed by atoms with Crippen molar-refractivity contribution < 1.29 is 34.4 Å². The summed E-state index contributed by atoms with van der Waals surface area (Å²) in [4.78, 5) is 22.5. The third-order valence-electron chi connectivity index (χ3n) is 6.35. The maximum atomic E-state index is 11.7. The van der Waals surface area contributed by atoms with Crippen LogP contribution in [0.5, 0.6) is 5.75 Å². The van der Waals surface area contributed by atoms with Crippen LogP contribution in [0.2, 0.25) is 0 Å². The van der Waals surface area contributed by atoms with E-state index in [4.69, 9.17) is 14.6 Å². The lowest BCUT2D eigenvalue weighted by Crippen LogP contribution is -2.28.